The van der Waals surface area contributed by atoms with Gasteiger partial charge in [0.05, 0.1) is 11.4 Å². The third-order valence-corrected chi connectivity index (χ3v) is 6.23. The van der Waals surface area contributed by atoms with Gasteiger partial charge in [-0.05, 0) is 31.2 Å². The molecule has 1 aromatic carbocycles. The minimum atomic E-state index is -2.89. The number of amides is 2. The van der Waals surface area contributed by atoms with Crippen LogP contribution in [-0.2, 0) is 11.8 Å². The Morgan fingerprint density at radius 3 is 2.56 bits per heavy atom. The third kappa shape index (κ3) is 5.59. The van der Waals surface area contributed by atoms with Gasteiger partial charge in [0.15, 0.2) is 16.1 Å². The van der Waals surface area contributed by atoms with Gasteiger partial charge in [-0.3, -0.25) is 9.59 Å². The molecule has 0 spiro atoms. The predicted molar refractivity (Wildman–Crippen MR) is 117 cm³/mol. The van der Waals surface area contributed by atoms with E-state index in [1.807, 2.05) is 0 Å². The zero-order chi connectivity index (χ0) is 23.4. The van der Waals surface area contributed by atoms with E-state index in [0.29, 0.717) is 32.2 Å². The summed E-state index contributed by atoms with van der Waals surface area (Å²) >= 11 is 2.30. The number of aromatic nitrogens is 4. The first kappa shape index (κ1) is 23.6. The van der Waals surface area contributed by atoms with Crippen LogP contribution < -0.4 is 10.1 Å². The van der Waals surface area contributed by atoms with Crippen molar-refractivity contribution in [3.63, 3.8) is 0 Å². The van der Waals surface area contributed by atoms with Crippen molar-refractivity contribution in [3.8, 4) is 17.1 Å². The molecule has 0 aliphatic carbocycles. The summed E-state index contributed by atoms with van der Waals surface area (Å²) in [6, 6.07) is 6.03. The van der Waals surface area contributed by atoms with Crippen LogP contribution in [0.3, 0.4) is 0 Å². The number of hydrogen-bond acceptors (Lipinski definition) is 8. The van der Waals surface area contributed by atoms with E-state index in [0.717, 1.165) is 11.3 Å². The first-order valence-corrected chi connectivity index (χ1v) is 11.0. The average molecular weight is 483 g/mol. The van der Waals surface area contributed by atoms with Crippen molar-refractivity contribution in [1.82, 2.24) is 24.6 Å². The zero-order valence-electron chi connectivity index (χ0n) is 17.6. The average Bonchev–Trinajstić information content (AvgIpc) is 3.28. The van der Waals surface area contributed by atoms with Gasteiger partial charge < -0.3 is 19.5 Å². The number of thiazole rings is 1. The standard InChI is InChI=1S/C19H20F2N6O3S2/c1-10-14(16(29)26(2)3)32-18(22-10)23-13(28)9-31-19-25-24-15(27(19)4)11-5-7-12(8-6-11)30-17(20)21/h5-8,17H,9H2,1-4H3,(H,22,23,28). The van der Waals surface area contributed by atoms with Crippen LogP contribution in [0.25, 0.3) is 11.4 Å². The van der Waals surface area contributed by atoms with Crippen molar-refractivity contribution in [2.75, 3.05) is 25.2 Å². The lowest BCUT2D eigenvalue weighted by atomic mass is 10.2. The number of hydrogen-bond donors (Lipinski definition) is 1. The van der Waals surface area contributed by atoms with Crippen molar-refractivity contribution in [3.05, 3.63) is 34.8 Å². The van der Waals surface area contributed by atoms with Crippen LogP contribution in [0, 0.1) is 6.92 Å². The molecule has 2 aromatic heterocycles. The molecule has 3 rings (SSSR count). The van der Waals surface area contributed by atoms with Crippen LogP contribution in [0.5, 0.6) is 5.75 Å². The highest BCUT2D eigenvalue weighted by atomic mass is 32.2. The second-order valence-electron chi connectivity index (χ2n) is 6.74. The Balaban J connectivity index is 1.61. The number of nitrogens with one attached hydrogen (secondary N) is 1. The smallest absolute Gasteiger partial charge is 0.387 e. The Hall–Kier alpha value is -3.06. The first-order valence-electron chi connectivity index (χ1n) is 9.22. The number of nitrogens with zero attached hydrogens (tertiary/aromatic N) is 5. The largest absolute Gasteiger partial charge is 0.435 e. The predicted octanol–water partition coefficient (Wildman–Crippen LogP) is 3.28. The molecule has 0 radical (unpaired) electrons. The van der Waals surface area contributed by atoms with E-state index in [2.05, 4.69) is 25.2 Å². The van der Waals surface area contributed by atoms with Crippen LogP contribution in [-0.4, -0.2) is 62.9 Å². The van der Waals surface area contributed by atoms with E-state index in [4.69, 9.17) is 0 Å². The Bertz CT molecular complexity index is 1110. The fourth-order valence-electron chi connectivity index (χ4n) is 2.61. The molecule has 0 saturated carbocycles. The maximum absolute atomic E-state index is 12.3. The number of rotatable bonds is 8. The van der Waals surface area contributed by atoms with Gasteiger partial charge in [-0.25, -0.2) is 4.98 Å². The zero-order valence-corrected chi connectivity index (χ0v) is 19.3. The molecule has 9 nitrogen and oxygen atoms in total. The molecule has 0 bridgehead atoms. The molecule has 0 aliphatic rings. The second-order valence-corrected chi connectivity index (χ2v) is 8.68. The van der Waals surface area contributed by atoms with Gasteiger partial charge in [0.25, 0.3) is 5.91 Å². The Kier molecular flexibility index (Phi) is 7.40. The third-order valence-electron chi connectivity index (χ3n) is 4.15. The fraction of sp³-hybridized carbons (Fsp3) is 0.316. The molecule has 32 heavy (non-hydrogen) atoms. The quantitative estimate of drug-likeness (QED) is 0.492. The van der Waals surface area contributed by atoms with Crippen LogP contribution in [0.15, 0.2) is 29.4 Å². The van der Waals surface area contributed by atoms with E-state index < -0.39 is 6.61 Å². The number of ether oxygens (including phenoxy) is 1. The Morgan fingerprint density at radius 2 is 1.94 bits per heavy atom. The number of carbonyl (C=O) groups is 2. The molecular formula is C19H20F2N6O3S2. The number of carbonyl (C=O) groups excluding carboxylic acids is 2. The summed E-state index contributed by atoms with van der Waals surface area (Å²) in [7, 11) is 5.04. The fourth-order valence-corrected chi connectivity index (χ4v) is 4.33. The number of anilines is 1. The molecule has 0 atom stereocenters. The molecule has 0 saturated heterocycles. The van der Waals surface area contributed by atoms with E-state index in [-0.39, 0.29) is 23.3 Å². The van der Waals surface area contributed by atoms with Crippen molar-refractivity contribution >= 4 is 40.0 Å². The highest BCUT2D eigenvalue weighted by Crippen LogP contribution is 2.26. The van der Waals surface area contributed by atoms with Crippen LogP contribution >= 0.6 is 23.1 Å². The molecule has 2 heterocycles. The SMILES string of the molecule is Cc1nc(NC(=O)CSc2nnc(-c3ccc(OC(F)F)cc3)n2C)sc1C(=O)N(C)C. The summed E-state index contributed by atoms with van der Waals surface area (Å²) in [5.41, 5.74) is 1.22. The van der Waals surface area contributed by atoms with Gasteiger partial charge in [0, 0.05) is 26.7 Å². The van der Waals surface area contributed by atoms with Crippen molar-refractivity contribution in [2.45, 2.75) is 18.7 Å². The number of aryl methyl sites for hydroxylation is 1. The summed E-state index contributed by atoms with van der Waals surface area (Å²) < 4.78 is 30.6. The summed E-state index contributed by atoms with van der Waals surface area (Å²) in [6.45, 7) is -1.18. The number of benzene rings is 1. The first-order chi connectivity index (χ1) is 15.2. The van der Waals surface area contributed by atoms with Crippen LogP contribution in [0.2, 0.25) is 0 Å². The van der Waals surface area contributed by atoms with Gasteiger partial charge in [-0.1, -0.05) is 23.1 Å². The Labute approximate surface area is 190 Å². The van der Waals surface area contributed by atoms with Gasteiger partial charge >= 0.3 is 6.61 Å². The number of halogens is 2. The molecule has 170 valence electrons. The molecule has 0 fully saturated rings. The lowest BCUT2D eigenvalue weighted by Gasteiger charge is -2.07. The summed E-state index contributed by atoms with van der Waals surface area (Å²) in [5.74, 6) is 0.146. The van der Waals surface area contributed by atoms with Crippen molar-refractivity contribution in [2.24, 2.45) is 7.05 Å². The molecule has 0 aliphatic heterocycles. The van der Waals surface area contributed by atoms with E-state index in [1.165, 1.54) is 28.8 Å². The topological polar surface area (TPSA) is 102 Å². The van der Waals surface area contributed by atoms with Gasteiger partial charge in [-0.15, -0.1) is 10.2 Å². The molecule has 3 aromatic rings. The number of thioether (sulfide) groups is 1. The van der Waals surface area contributed by atoms with E-state index in [1.54, 1.807) is 44.8 Å². The lowest BCUT2D eigenvalue weighted by Crippen LogP contribution is -2.21. The Morgan fingerprint density at radius 1 is 1.25 bits per heavy atom. The minimum Gasteiger partial charge on any atom is -0.435 e. The summed E-state index contributed by atoms with van der Waals surface area (Å²) in [6.07, 6.45) is 0. The van der Waals surface area contributed by atoms with Gasteiger partial charge in [0.1, 0.15) is 10.6 Å². The molecule has 2 amide bonds. The lowest BCUT2D eigenvalue weighted by molar-refractivity contribution is -0.113. The van der Waals surface area contributed by atoms with Crippen LogP contribution in [0.4, 0.5) is 13.9 Å². The number of alkyl halides is 2. The van der Waals surface area contributed by atoms with Gasteiger partial charge in [0.2, 0.25) is 5.91 Å². The van der Waals surface area contributed by atoms with Crippen molar-refractivity contribution in [1.29, 1.82) is 0 Å². The summed E-state index contributed by atoms with van der Waals surface area (Å²) in [5, 5.41) is 11.7. The monoisotopic (exact) mass is 482 g/mol. The highest BCUT2D eigenvalue weighted by Gasteiger charge is 2.19. The normalized spacial score (nSPS) is 11.0. The van der Waals surface area contributed by atoms with Crippen molar-refractivity contribution < 1.29 is 23.1 Å². The maximum atomic E-state index is 12.3. The summed E-state index contributed by atoms with van der Waals surface area (Å²) in [4.78, 5) is 30.6. The van der Waals surface area contributed by atoms with E-state index >= 15 is 0 Å². The van der Waals surface area contributed by atoms with Crippen LogP contribution in [0.1, 0.15) is 15.4 Å². The molecule has 1 N–H and O–H groups in total. The minimum absolute atomic E-state index is 0.0463. The molecule has 13 heteroatoms. The molecule has 0 unspecified atom stereocenters. The maximum Gasteiger partial charge on any atom is 0.387 e. The van der Waals surface area contributed by atoms with E-state index in [9.17, 15) is 18.4 Å². The van der Waals surface area contributed by atoms with Gasteiger partial charge in [-0.2, -0.15) is 8.78 Å². The second kappa shape index (κ2) is 10.0. The molecular weight excluding hydrogens is 462 g/mol. The highest BCUT2D eigenvalue weighted by molar-refractivity contribution is 7.99.